The van der Waals surface area contributed by atoms with Crippen molar-refractivity contribution < 1.29 is 33.0 Å². The van der Waals surface area contributed by atoms with Gasteiger partial charge in [-0.2, -0.15) is 4.98 Å². The summed E-state index contributed by atoms with van der Waals surface area (Å²) in [7, 11) is 0. The van der Waals surface area contributed by atoms with Crippen LogP contribution >= 0.6 is 0 Å². The quantitative estimate of drug-likeness (QED) is 0.374. The van der Waals surface area contributed by atoms with Crippen LogP contribution in [0.1, 0.15) is 32.3 Å². The van der Waals surface area contributed by atoms with Crippen LogP contribution in [-0.2, 0) is 16.1 Å². The average molecular weight is 485 g/mol. The van der Waals surface area contributed by atoms with E-state index in [4.69, 9.17) is 20.3 Å². The average Bonchev–Trinajstić information content (AvgIpc) is 2.84. The van der Waals surface area contributed by atoms with E-state index in [-0.39, 0.29) is 24.5 Å². The summed E-state index contributed by atoms with van der Waals surface area (Å²) in [5.41, 5.74) is 8.42. The molecule has 35 heavy (non-hydrogen) atoms. The summed E-state index contributed by atoms with van der Waals surface area (Å²) < 4.78 is 39.4. The molecule has 3 rings (SSSR count). The molecule has 0 bridgehead atoms. The number of hydrogen-bond acceptors (Lipinski definition) is 6. The van der Waals surface area contributed by atoms with Crippen LogP contribution in [0.5, 0.6) is 17.5 Å². The molecule has 4 N–H and O–H groups in total. The second kappa shape index (κ2) is 11.4. The van der Waals surface area contributed by atoms with Crippen molar-refractivity contribution in [1.82, 2.24) is 4.98 Å². The Balaban J connectivity index is 2.02. The van der Waals surface area contributed by atoms with Crippen LogP contribution < -0.4 is 20.5 Å². The zero-order valence-corrected chi connectivity index (χ0v) is 19.2. The monoisotopic (exact) mass is 485 g/mol. The van der Waals surface area contributed by atoms with E-state index in [9.17, 15) is 18.4 Å². The fourth-order valence-electron chi connectivity index (χ4n) is 3.17. The van der Waals surface area contributed by atoms with Crippen LogP contribution in [0.15, 0.2) is 48.5 Å². The molecule has 0 aliphatic heterocycles. The molecule has 2 aromatic carbocycles. The van der Waals surface area contributed by atoms with Crippen molar-refractivity contribution in [1.29, 1.82) is 0 Å². The van der Waals surface area contributed by atoms with Gasteiger partial charge in [-0.05, 0) is 41.3 Å². The lowest BCUT2D eigenvalue weighted by Crippen LogP contribution is -2.26. The number of pyridine rings is 1. The van der Waals surface area contributed by atoms with Crippen molar-refractivity contribution in [3.63, 3.8) is 0 Å². The van der Waals surface area contributed by atoms with Crippen molar-refractivity contribution in [2.24, 2.45) is 5.73 Å². The number of ether oxygens (including phenoxy) is 2. The molecular formula is C25H25F2N3O5. The number of aromatic nitrogens is 1. The second-order valence-corrected chi connectivity index (χ2v) is 7.57. The molecule has 8 nitrogen and oxygen atoms in total. The number of anilines is 1. The van der Waals surface area contributed by atoms with E-state index < -0.39 is 35.5 Å². The molecular weight excluding hydrogens is 460 g/mol. The molecule has 1 aromatic heterocycles. The number of carbonyl (C=O) groups excluding carboxylic acids is 1. The van der Waals surface area contributed by atoms with Crippen molar-refractivity contribution in [2.45, 2.75) is 39.3 Å². The highest BCUT2D eigenvalue weighted by Gasteiger charge is 2.22. The molecule has 0 saturated heterocycles. The molecule has 3 aromatic rings. The number of aliphatic carboxylic acids is 1. The molecule has 0 aliphatic carbocycles. The molecule has 0 unspecified atom stereocenters. The zero-order chi connectivity index (χ0) is 25.5. The van der Waals surface area contributed by atoms with E-state index in [1.807, 2.05) is 24.3 Å². The maximum atomic E-state index is 14.5. The zero-order valence-electron chi connectivity index (χ0n) is 19.2. The first-order chi connectivity index (χ1) is 16.7. The SMILES string of the molecule is CCC(=O)Nc1cc(Oc2nc(O[C@H](CC)C(=O)O)c(F)cc2F)cc(-c2cccc(CN)c2)c1. The van der Waals surface area contributed by atoms with E-state index in [1.54, 1.807) is 19.1 Å². The molecule has 1 amide bonds. The van der Waals surface area contributed by atoms with E-state index in [0.717, 1.165) is 11.1 Å². The van der Waals surface area contributed by atoms with E-state index in [0.29, 0.717) is 23.9 Å². The Bertz CT molecular complexity index is 1240. The van der Waals surface area contributed by atoms with E-state index in [1.165, 1.54) is 13.0 Å². The fourth-order valence-corrected chi connectivity index (χ4v) is 3.17. The summed E-state index contributed by atoms with van der Waals surface area (Å²) in [5, 5.41) is 11.9. The van der Waals surface area contributed by atoms with Gasteiger partial charge in [0.25, 0.3) is 11.8 Å². The third kappa shape index (κ3) is 6.51. The van der Waals surface area contributed by atoms with E-state index in [2.05, 4.69) is 10.3 Å². The lowest BCUT2D eigenvalue weighted by Gasteiger charge is -2.15. The van der Waals surface area contributed by atoms with Crippen LogP contribution in [0.4, 0.5) is 14.5 Å². The van der Waals surface area contributed by atoms with Gasteiger partial charge >= 0.3 is 5.97 Å². The normalized spacial score (nSPS) is 11.6. The maximum Gasteiger partial charge on any atom is 0.344 e. The van der Waals surface area contributed by atoms with Gasteiger partial charge in [-0.3, -0.25) is 4.79 Å². The third-order valence-corrected chi connectivity index (χ3v) is 4.99. The lowest BCUT2D eigenvalue weighted by atomic mass is 10.0. The van der Waals surface area contributed by atoms with Crippen LogP contribution in [0.3, 0.4) is 0 Å². The number of rotatable bonds is 10. The Morgan fingerprint density at radius 2 is 1.80 bits per heavy atom. The van der Waals surface area contributed by atoms with Gasteiger partial charge in [-0.15, -0.1) is 0 Å². The summed E-state index contributed by atoms with van der Waals surface area (Å²) in [4.78, 5) is 26.9. The highest BCUT2D eigenvalue weighted by molar-refractivity contribution is 5.91. The topological polar surface area (TPSA) is 124 Å². The van der Waals surface area contributed by atoms with Gasteiger partial charge in [-0.1, -0.05) is 32.0 Å². The van der Waals surface area contributed by atoms with Gasteiger partial charge in [0.15, 0.2) is 17.7 Å². The number of benzene rings is 2. The highest BCUT2D eigenvalue weighted by Crippen LogP contribution is 2.33. The number of carbonyl (C=O) groups is 2. The molecule has 10 heteroatoms. The van der Waals surface area contributed by atoms with Gasteiger partial charge in [0.1, 0.15) is 5.75 Å². The van der Waals surface area contributed by atoms with Crippen LogP contribution in [0.25, 0.3) is 11.1 Å². The van der Waals surface area contributed by atoms with Gasteiger partial charge in [0.05, 0.1) is 0 Å². The van der Waals surface area contributed by atoms with Crippen molar-refractivity contribution in [3.05, 3.63) is 65.7 Å². The predicted molar refractivity (Wildman–Crippen MR) is 125 cm³/mol. The number of nitrogens with zero attached hydrogens (tertiary/aromatic N) is 1. The van der Waals surface area contributed by atoms with Gasteiger partial charge in [0, 0.05) is 30.8 Å². The van der Waals surface area contributed by atoms with Crippen LogP contribution in [0.2, 0.25) is 0 Å². The van der Waals surface area contributed by atoms with Crippen molar-refractivity contribution in [3.8, 4) is 28.6 Å². The van der Waals surface area contributed by atoms with Gasteiger partial charge in [0.2, 0.25) is 5.91 Å². The summed E-state index contributed by atoms with van der Waals surface area (Å²) in [6, 6.07) is 12.7. The first-order valence-electron chi connectivity index (χ1n) is 10.9. The number of nitrogens with one attached hydrogen (secondary N) is 1. The minimum atomic E-state index is -1.37. The standard InChI is InChI=1S/C25H25F2N3O5/c1-3-21(25(32)33)35-24-20(27)12-19(26)23(30-24)34-18-10-16(9-17(11-18)29-22(31)4-2)15-7-5-6-14(8-15)13-28/h5-12,21H,3-4,13,28H2,1-2H3,(H,29,31)(H,32,33)/t21-/m1/s1. The Labute approximate surface area is 200 Å². The van der Waals surface area contributed by atoms with Crippen LogP contribution in [0, 0.1) is 11.6 Å². The lowest BCUT2D eigenvalue weighted by molar-refractivity contribution is -0.145. The summed E-state index contributed by atoms with van der Waals surface area (Å²) >= 11 is 0. The van der Waals surface area contributed by atoms with E-state index >= 15 is 0 Å². The molecule has 0 fully saturated rings. The number of halogens is 2. The largest absolute Gasteiger partial charge is 0.479 e. The molecule has 184 valence electrons. The van der Waals surface area contributed by atoms with Crippen molar-refractivity contribution >= 4 is 17.6 Å². The Kier molecular flexibility index (Phi) is 8.32. The second-order valence-electron chi connectivity index (χ2n) is 7.57. The number of carboxylic acid groups (broad SMARTS) is 1. The summed E-state index contributed by atoms with van der Waals surface area (Å²) in [6.45, 7) is 3.56. The highest BCUT2D eigenvalue weighted by atomic mass is 19.1. The molecule has 0 spiro atoms. The molecule has 0 radical (unpaired) electrons. The third-order valence-electron chi connectivity index (χ3n) is 4.99. The summed E-state index contributed by atoms with van der Waals surface area (Å²) in [5.74, 6) is -5.08. The minimum Gasteiger partial charge on any atom is -0.479 e. The first kappa shape index (κ1) is 25.6. The fraction of sp³-hybridized carbons (Fsp3) is 0.240. The number of hydrogen-bond donors (Lipinski definition) is 3. The predicted octanol–water partition coefficient (Wildman–Crippen LogP) is 4.87. The number of amides is 1. The number of carboxylic acids is 1. The molecule has 1 heterocycles. The first-order valence-corrected chi connectivity index (χ1v) is 10.9. The maximum absolute atomic E-state index is 14.5. The molecule has 0 aliphatic rings. The Hall–Kier alpha value is -4.05. The van der Waals surface area contributed by atoms with Crippen LogP contribution in [-0.4, -0.2) is 28.1 Å². The Morgan fingerprint density at radius 1 is 1.06 bits per heavy atom. The molecule has 0 saturated carbocycles. The van der Waals surface area contributed by atoms with Gasteiger partial charge < -0.3 is 25.6 Å². The molecule has 1 atom stereocenters. The van der Waals surface area contributed by atoms with Gasteiger partial charge in [-0.25, -0.2) is 13.6 Å². The number of nitrogens with two attached hydrogens (primary N) is 1. The Morgan fingerprint density at radius 3 is 2.46 bits per heavy atom. The summed E-state index contributed by atoms with van der Waals surface area (Å²) in [6.07, 6.45) is -1.10. The smallest absolute Gasteiger partial charge is 0.344 e. The minimum absolute atomic E-state index is 0.0361. The van der Waals surface area contributed by atoms with Crippen molar-refractivity contribution in [2.75, 3.05) is 5.32 Å².